The van der Waals surface area contributed by atoms with Gasteiger partial charge >= 0.3 is 0 Å². The molecule has 0 bridgehead atoms. The Kier molecular flexibility index (Phi) is 7.33. The van der Waals surface area contributed by atoms with Crippen molar-refractivity contribution in [3.63, 3.8) is 0 Å². The summed E-state index contributed by atoms with van der Waals surface area (Å²) in [5.74, 6) is 7.64. The Hall–Kier alpha value is -3.89. The Bertz CT molecular complexity index is 1280. The summed E-state index contributed by atoms with van der Waals surface area (Å²) in [4.78, 5) is 21.5. The van der Waals surface area contributed by atoms with Crippen LogP contribution in [0, 0.1) is 11.8 Å². The summed E-state index contributed by atoms with van der Waals surface area (Å²) in [6.07, 6.45) is 4.55. The summed E-state index contributed by atoms with van der Waals surface area (Å²) >= 11 is 0. The van der Waals surface area contributed by atoms with E-state index in [0.717, 1.165) is 60.5 Å². The largest absolute Gasteiger partial charge is 0.496 e. The predicted molar refractivity (Wildman–Crippen MR) is 137 cm³/mol. The van der Waals surface area contributed by atoms with Gasteiger partial charge in [0, 0.05) is 56.0 Å². The van der Waals surface area contributed by atoms with Gasteiger partial charge in [0.25, 0.3) is 5.91 Å². The number of amides is 1. The molecule has 0 unspecified atom stereocenters. The van der Waals surface area contributed by atoms with Crippen molar-refractivity contribution in [1.29, 1.82) is 0 Å². The lowest BCUT2D eigenvalue weighted by atomic mass is 9.96. The molecule has 0 saturated carbocycles. The highest BCUT2D eigenvalue weighted by Crippen LogP contribution is 2.31. The molecule has 4 rings (SSSR count). The highest BCUT2D eigenvalue weighted by Gasteiger charge is 2.24. The van der Waals surface area contributed by atoms with E-state index < -0.39 is 0 Å². The second kappa shape index (κ2) is 10.6. The zero-order valence-electron chi connectivity index (χ0n) is 20.8. The van der Waals surface area contributed by atoms with Gasteiger partial charge < -0.3 is 20.3 Å². The van der Waals surface area contributed by atoms with Crippen LogP contribution in [0.5, 0.6) is 5.75 Å². The quantitative estimate of drug-likeness (QED) is 0.469. The molecule has 2 aromatic heterocycles. The minimum Gasteiger partial charge on any atom is -0.496 e. The van der Waals surface area contributed by atoms with Crippen LogP contribution >= 0.6 is 0 Å². The molecule has 1 aromatic carbocycles. The molecule has 3 heterocycles. The van der Waals surface area contributed by atoms with E-state index in [1.165, 1.54) is 0 Å². The molecule has 1 aliphatic rings. The lowest BCUT2D eigenvalue weighted by Crippen LogP contribution is -2.47. The zero-order valence-corrected chi connectivity index (χ0v) is 20.8. The van der Waals surface area contributed by atoms with E-state index in [1.807, 2.05) is 42.4 Å². The smallest absolute Gasteiger partial charge is 0.257 e. The zero-order chi connectivity index (χ0) is 24.9. The Morgan fingerprint density at radius 1 is 1.14 bits per heavy atom. The van der Waals surface area contributed by atoms with Crippen LogP contribution in [0.15, 0.2) is 48.8 Å². The number of carbonyl (C=O) groups excluding carboxylic acids is 1. The van der Waals surface area contributed by atoms with Crippen molar-refractivity contribution in [3.05, 3.63) is 71.2 Å². The molecule has 0 radical (unpaired) electrons. The highest BCUT2D eigenvalue weighted by molar-refractivity contribution is 5.98. The van der Waals surface area contributed by atoms with Crippen molar-refractivity contribution in [2.24, 2.45) is 7.05 Å². The molecule has 0 aliphatic carbocycles. The summed E-state index contributed by atoms with van der Waals surface area (Å²) in [6.45, 7) is 5.30. The van der Waals surface area contributed by atoms with Crippen LogP contribution in [-0.4, -0.2) is 61.0 Å². The number of aromatic nitrogens is 2. The molecular formula is C28H32N5O2+. The van der Waals surface area contributed by atoms with Crippen LogP contribution in [0.1, 0.15) is 34.1 Å². The molecule has 3 aromatic rings. The first-order valence-electron chi connectivity index (χ1n) is 11.8. The van der Waals surface area contributed by atoms with Gasteiger partial charge in [-0.1, -0.05) is 24.8 Å². The first-order valence-corrected chi connectivity index (χ1v) is 11.8. The maximum absolute atomic E-state index is 13.2. The average molecular weight is 471 g/mol. The Balaban J connectivity index is 1.74. The van der Waals surface area contributed by atoms with Gasteiger partial charge in [-0.2, -0.15) is 0 Å². The number of nitrogens with two attached hydrogens (primary N) is 1. The molecule has 1 aliphatic heterocycles. The molecule has 1 fully saturated rings. The molecule has 1 amide bonds. The van der Waals surface area contributed by atoms with E-state index in [9.17, 15) is 4.79 Å². The van der Waals surface area contributed by atoms with E-state index in [2.05, 4.69) is 46.3 Å². The number of methoxy groups -OCH3 is 1. The summed E-state index contributed by atoms with van der Waals surface area (Å²) in [5.41, 5.74) is 11.1. The number of nitrogens with zero attached hydrogens (tertiary/aromatic N) is 4. The van der Waals surface area contributed by atoms with Crippen molar-refractivity contribution in [2.45, 2.75) is 13.3 Å². The number of anilines is 1. The van der Waals surface area contributed by atoms with Crippen LogP contribution in [0.4, 0.5) is 5.82 Å². The molecule has 2 N–H and O–H groups in total. The third kappa shape index (κ3) is 5.28. The van der Waals surface area contributed by atoms with Gasteiger partial charge in [-0.05, 0) is 36.9 Å². The second-order valence-corrected chi connectivity index (χ2v) is 8.75. The standard InChI is InChI=1S/C28H31N5O2/c1-5-25-23(9-6-20-7-11-27(29)30-19-20)22(12-13-32(25)3)21-8-10-24(26(18-21)35-4)28(34)33-16-14-31(2)15-17-33/h7-8,10-13,18-19H,5,14-17H2,1-4H3,(H-,29,30,34)/p+1. The number of likely N-dealkylation sites (N-methyl/N-ethyl adjacent to an activating group) is 1. The van der Waals surface area contributed by atoms with E-state index in [4.69, 9.17) is 10.5 Å². The number of hydrogen-bond acceptors (Lipinski definition) is 5. The molecule has 7 nitrogen and oxygen atoms in total. The number of nitrogen functional groups attached to an aromatic ring is 1. The van der Waals surface area contributed by atoms with Crippen molar-refractivity contribution < 1.29 is 14.1 Å². The van der Waals surface area contributed by atoms with Gasteiger partial charge in [-0.3, -0.25) is 4.79 Å². The summed E-state index contributed by atoms with van der Waals surface area (Å²) in [7, 11) is 5.71. The van der Waals surface area contributed by atoms with Gasteiger partial charge in [-0.15, -0.1) is 0 Å². The van der Waals surface area contributed by atoms with E-state index in [0.29, 0.717) is 17.1 Å². The molecular weight excluding hydrogens is 438 g/mol. The highest BCUT2D eigenvalue weighted by atomic mass is 16.5. The fourth-order valence-electron chi connectivity index (χ4n) is 4.33. The van der Waals surface area contributed by atoms with Gasteiger partial charge in [-0.25, -0.2) is 9.55 Å². The van der Waals surface area contributed by atoms with E-state index in [-0.39, 0.29) is 5.91 Å². The maximum atomic E-state index is 13.2. The fourth-order valence-corrected chi connectivity index (χ4v) is 4.33. The van der Waals surface area contributed by atoms with Crippen molar-refractivity contribution in [2.75, 3.05) is 46.1 Å². The van der Waals surface area contributed by atoms with Gasteiger partial charge in [0.05, 0.1) is 18.2 Å². The lowest BCUT2D eigenvalue weighted by Gasteiger charge is -2.32. The third-order valence-corrected chi connectivity index (χ3v) is 6.43. The van der Waals surface area contributed by atoms with E-state index >= 15 is 0 Å². The molecule has 0 spiro atoms. The van der Waals surface area contributed by atoms with Gasteiger partial charge in [0.2, 0.25) is 0 Å². The Labute approximate surface area is 207 Å². The van der Waals surface area contributed by atoms with Gasteiger partial charge in [0.1, 0.15) is 18.6 Å². The number of aryl methyl sites for hydroxylation is 1. The van der Waals surface area contributed by atoms with E-state index in [1.54, 1.807) is 19.4 Å². The minimum atomic E-state index is 0.00562. The fraction of sp³-hybridized carbons (Fsp3) is 0.321. The number of carbonyl (C=O) groups is 1. The second-order valence-electron chi connectivity index (χ2n) is 8.75. The first kappa shape index (κ1) is 24.2. The van der Waals surface area contributed by atoms with Crippen LogP contribution < -0.4 is 15.0 Å². The summed E-state index contributed by atoms with van der Waals surface area (Å²) < 4.78 is 7.78. The number of piperazine rings is 1. The normalized spacial score (nSPS) is 13.8. The lowest BCUT2D eigenvalue weighted by molar-refractivity contribution is -0.679. The van der Waals surface area contributed by atoms with Crippen LogP contribution in [0.2, 0.25) is 0 Å². The minimum absolute atomic E-state index is 0.00562. The third-order valence-electron chi connectivity index (χ3n) is 6.43. The molecule has 0 atom stereocenters. The molecule has 7 heteroatoms. The number of hydrogen-bond donors (Lipinski definition) is 1. The van der Waals surface area contributed by atoms with Gasteiger partial charge in [0.15, 0.2) is 11.9 Å². The van der Waals surface area contributed by atoms with Crippen molar-refractivity contribution in [3.8, 4) is 28.7 Å². The summed E-state index contributed by atoms with van der Waals surface area (Å²) in [5, 5.41) is 0. The summed E-state index contributed by atoms with van der Waals surface area (Å²) in [6, 6.07) is 11.5. The van der Waals surface area contributed by atoms with Crippen molar-refractivity contribution in [1.82, 2.24) is 14.8 Å². The molecule has 35 heavy (non-hydrogen) atoms. The number of rotatable bonds is 4. The SMILES string of the molecule is CCc1c(C#Cc2ccc(N)nc2)c(-c2ccc(C(=O)N3CCN(C)CC3)c(OC)c2)cc[n+]1C. The Morgan fingerprint density at radius 3 is 2.57 bits per heavy atom. The van der Waals surface area contributed by atoms with Crippen LogP contribution in [0.25, 0.3) is 11.1 Å². The average Bonchev–Trinajstić information content (AvgIpc) is 2.88. The first-order chi connectivity index (χ1) is 16.9. The maximum Gasteiger partial charge on any atom is 0.257 e. The topological polar surface area (TPSA) is 75.6 Å². The monoisotopic (exact) mass is 470 g/mol. The molecule has 1 saturated heterocycles. The molecule has 180 valence electrons. The number of ether oxygens (including phenoxy) is 1. The number of pyridine rings is 2. The predicted octanol–water partition coefficient (Wildman–Crippen LogP) is 2.51. The number of benzene rings is 1. The Morgan fingerprint density at radius 2 is 1.91 bits per heavy atom. The van der Waals surface area contributed by atoms with Crippen LogP contribution in [0.3, 0.4) is 0 Å². The van der Waals surface area contributed by atoms with Crippen LogP contribution in [-0.2, 0) is 13.5 Å². The van der Waals surface area contributed by atoms with Crippen molar-refractivity contribution >= 4 is 11.7 Å².